The van der Waals surface area contributed by atoms with Crippen molar-refractivity contribution in [3.8, 4) is 0 Å². The third-order valence-electron chi connectivity index (χ3n) is 2.83. The molecule has 1 aliphatic rings. The molecule has 0 saturated carbocycles. The summed E-state index contributed by atoms with van der Waals surface area (Å²) in [5.41, 5.74) is 3.80. The van der Waals surface area contributed by atoms with E-state index in [0.717, 1.165) is 0 Å². The van der Waals surface area contributed by atoms with Crippen molar-refractivity contribution in [3.05, 3.63) is 43.7 Å². The van der Waals surface area contributed by atoms with E-state index in [1.54, 1.807) is 0 Å². The first kappa shape index (κ1) is 11.3. The molecule has 2 unspecified atom stereocenters. The number of hydrogen-bond acceptors (Lipinski definition) is 5. The molecule has 0 amide bonds. The maximum absolute atomic E-state index is 10.9. The molecule has 0 bridgehead atoms. The van der Waals surface area contributed by atoms with Gasteiger partial charge in [0, 0.05) is 17.9 Å². The Labute approximate surface area is 85.6 Å². The van der Waals surface area contributed by atoms with Crippen LogP contribution in [-0.4, -0.2) is 21.4 Å². The highest BCUT2D eigenvalue weighted by molar-refractivity contribution is 5.34. The molecule has 1 rings (SSSR count). The first-order valence-corrected chi connectivity index (χ1v) is 4.25. The van der Waals surface area contributed by atoms with Crippen LogP contribution in [0.5, 0.6) is 0 Å². The van der Waals surface area contributed by atoms with Gasteiger partial charge < -0.3 is 5.73 Å². The molecule has 0 saturated heterocycles. The highest BCUT2D eigenvalue weighted by Crippen LogP contribution is 2.31. The van der Waals surface area contributed by atoms with Crippen LogP contribution in [0.2, 0.25) is 0 Å². The van der Waals surface area contributed by atoms with Crippen LogP contribution in [0.3, 0.4) is 0 Å². The molecule has 15 heavy (non-hydrogen) atoms. The predicted molar refractivity (Wildman–Crippen MR) is 52.2 cm³/mol. The number of hydrogen-bond donors (Lipinski definition) is 1. The zero-order chi connectivity index (χ0) is 11.8. The Hall–Kier alpha value is -1.76. The minimum atomic E-state index is -1.60. The molecule has 1 aliphatic carbocycles. The van der Waals surface area contributed by atoms with Crippen LogP contribution in [0.15, 0.2) is 23.4 Å². The summed E-state index contributed by atoms with van der Waals surface area (Å²) in [6.07, 6.45) is 2.50. The zero-order valence-electron chi connectivity index (χ0n) is 8.34. The van der Waals surface area contributed by atoms with E-state index in [1.165, 1.54) is 26.0 Å². The fourth-order valence-electron chi connectivity index (χ4n) is 1.47. The SMILES string of the molecule is CC1=C([N+](=O)[O-])C=CC(N)C1(C)[N+](=O)[O-]. The van der Waals surface area contributed by atoms with Gasteiger partial charge in [-0.2, -0.15) is 0 Å². The largest absolute Gasteiger partial charge is 0.318 e. The van der Waals surface area contributed by atoms with Gasteiger partial charge in [0.05, 0.1) is 16.5 Å². The van der Waals surface area contributed by atoms with E-state index in [4.69, 9.17) is 5.73 Å². The Bertz CT molecular complexity index is 387. The molecule has 2 atom stereocenters. The second kappa shape index (κ2) is 3.43. The third kappa shape index (κ3) is 1.50. The molecule has 0 radical (unpaired) electrons. The third-order valence-corrected chi connectivity index (χ3v) is 2.83. The molecule has 0 spiro atoms. The summed E-state index contributed by atoms with van der Waals surface area (Å²) in [6.45, 7) is 2.66. The Morgan fingerprint density at radius 3 is 2.40 bits per heavy atom. The summed E-state index contributed by atoms with van der Waals surface area (Å²) in [6, 6.07) is -0.851. The van der Waals surface area contributed by atoms with Gasteiger partial charge in [0.1, 0.15) is 0 Å². The molecule has 0 aromatic heterocycles. The van der Waals surface area contributed by atoms with E-state index in [2.05, 4.69) is 0 Å². The van der Waals surface area contributed by atoms with E-state index in [1.807, 2.05) is 0 Å². The van der Waals surface area contributed by atoms with Crippen molar-refractivity contribution < 1.29 is 9.85 Å². The molecule has 2 N–H and O–H groups in total. The van der Waals surface area contributed by atoms with Gasteiger partial charge in [-0.3, -0.25) is 20.2 Å². The van der Waals surface area contributed by atoms with Gasteiger partial charge >= 0.3 is 0 Å². The maximum Gasteiger partial charge on any atom is 0.275 e. The first-order chi connectivity index (χ1) is 6.81. The van der Waals surface area contributed by atoms with Crippen molar-refractivity contribution in [1.82, 2.24) is 0 Å². The minimum Gasteiger partial charge on any atom is -0.318 e. The van der Waals surface area contributed by atoms with Crippen molar-refractivity contribution in [2.75, 3.05) is 0 Å². The minimum absolute atomic E-state index is 0.0764. The van der Waals surface area contributed by atoms with Crippen molar-refractivity contribution in [3.63, 3.8) is 0 Å². The van der Waals surface area contributed by atoms with Crippen molar-refractivity contribution in [2.24, 2.45) is 5.73 Å². The first-order valence-electron chi connectivity index (χ1n) is 4.25. The lowest BCUT2D eigenvalue weighted by atomic mass is 9.81. The maximum atomic E-state index is 10.9. The van der Waals surface area contributed by atoms with Crippen molar-refractivity contribution in [2.45, 2.75) is 25.4 Å². The lowest BCUT2D eigenvalue weighted by Gasteiger charge is -2.27. The summed E-state index contributed by atoms with van der Waals surface area (Å²) < 4.78 is 0. The van der Waals surface area contributed by atoms with Crippen LogP contribution in [0.4, 0.5) is 0 Å². The van der Waals surface area contributed by atoms with E-state index >= 15 is 0 Å². The second-order valence-corrected chi connectivity index (χ2v) is 3.56. The van der Waals surface area contributed by atoms with Crippen LogP contribution in [0, 0.1) is 20.2 Å². The van der Waals surface area contributed by atoms with Gasteiger partial charge in [0.25, 0.3) is 11.2 Å². The highest BCUT2D eigenvalue weighted by Gasteiger charge is 2.50. The monoisotopic (exact) mass is 213 g/mol. The number of allylic oxidation sites excluding steroid dienone is 1. The van der Waals surface area contributed by atoms with Crippen molar-refractivity contribution in [1.29, 1.82) is 0 Å². The normalized spacial score (nSPS) is 30.5. The Morgan fingerprint density at radius 1 is 1.47 bits per heavy atom. The second-order valence-electron chi connectivity index (χ2n) is 3.56. The molecule has 0 aromatic carbocycles. The molecule has 82 valence electrons. The molecular formula is C8H11N3O4. The summed E-state index contributed by atoms with van der Waals surface area (Å²) in [4.78, 5) is 20.3. The standard InChI is InChI=1S/C8H11N3O4/c1-5-6(10(12)13)3-4-7(9)8(5,2)11(14)15/h3-4,7H,9H2,1-2H3. The average molecular weight is 213 g/mol. The average Bonchev–Trinajstić information content (AvgIpc) is 2.13. The molecule has 7 heteroatoms. The van der Waals surface area contributed by atoms with Crippen LogP contribution in [0.25, 0.3) is 0 Å². The van der Waals surface area contributed by atoms with Crippen LogP contribution in [0.1, 0.15) is 13.8 Å². The van der Waals surface area contributed by atoms with Crippen molar-refractivity contribution >= 4 is 0 Å². The lowest BCUT2D eigenvalue weighted by Crippen LogP contribution is -2.53. The van der Waals surface area contributed by atoms with Gasteiger partial charge in [0.15, 0.2) is 0 Å². The Balaban J connectivity index is 3.35. The van der Waals surface area contributed by atoms with Gasteiger partial charge in [-0.1, -0.05) is 6.08 Å². The topological polar surface area (TPSA) is 112 Å². The number of rotatable bonds is 2. The summed E-state index contributed by atoms with van der Waals surface area (Å²) in [7, 11) is 0. The smallest absolute Gasteiger partial charge is 0.275 e. The molecule has 0 heterocycles. The van der Waals surface area contributed by atoms with Gasteiger partial charge in [-0.05, 0) is 6.92 Å². The molecular weight excluding hydrogens is 202 g/mol. The van der Waals surface area contributed by atoms with E-state index in [9.17, 15) is 20.2 Å². The van der Waals surface area contributed by atoms with Gasteiger partial charge in [0.2, 0.25) is 0 Å². The van der Waals surface area contributed by atoms with E-state index in [0.29, 0.717) is 0 Å². The van der Waals surface area contributed by atoms with E-state index < -0.39 is 21.4 Å². The van der Waals surface area contributed by atoms with E-state index in [-0.39, 0.29) is 11.3 Å². The summed E-state index contributed by atoms with van der Waals surface area (Å²) in [5.74, 6) is 0. The number of nitro groups is 2. The number of nitrogens with two attached hydrogens (primary N) is 1. The highest BCUT2D eigenvalue weighted by atomic mass is 16.6. The number of nitrogens with zero attached hydrogens (tertiary/aromatic N) is 2. The van der Waals surface area contributed by atoms with Gasteiger partial charge in [-0.15, -0.1) is 0 Å². The van der Waals surface area contributed by atoms with Gasteiger partial charge in [-0.25, -0.2) is 0 Å². The molecule has 0 aromatic rings. The Kier molecular flexibility index (Phi) is 2.59. The zero-order valence-corrected chi connectivity index (χ0v) is 8.34. The lowest BCUT2D eigenvalue weighted by molar-refractivity contribution is -0.557. The Morgan fingerprint density at radius 2 is 2.00 bits per heavy atom. The summed E-state index contributed by atoms with van der Waals surface area (Å²) in [5, 5.41) is 21.5. The quantitative estimate of drug-likeness (QED) is 0.529. The molecule has 0 fully saturated rings. The fraction of sp³-hybridized carbons (Fsp3) is 0.500. The van der Waals surface area contributed by atoms with Crippen LogP contribution < -0.4 is 5.73 Å². The molecule has 0 aliphatic heterocycles. The predicted octanol–water partition coefficient (Wildman–Crippen LogP) is 0.470. The van der Waals surface area contributed by atoms with Crippen LogP contribution in [-0.2, 0) is 0 Å². The summed E-state index contributed by atoms with van der Waals surface area (Å²) >= 11 is 0. The fourth-order valence-corrected chi connectivity index (χ4v) is 1.47. The molecule has 7 nitrogen and oxygen atoms in total. The van der Waals surface area contributed by atoms with Crippen LogP contribution >= 0.6 is 0 Å².